The molecule has 1 saturated heterocycles. The highest BCUT2D eigenvalue weighted by Crippen LogP contribution is 2.49. The molecule has 0 bridgehead atoms. The van der Waals surface area contributed by atoms with Gasteiger partial charge in [0.2, 0.25) is 5.91 Å². The minimum absolute atomic E-state index is 0.162. The first-order valence-corrected chi connectivity index (χ1v) is 9.42. The zero-order chi connectivity index (χ0) is 16.5. The average molecular weight is 342 g/mol. The highest BCUT2D eigenvalue weighted by atomic mass is 32.1. The van der Waals surface area contributed by atoms with Crippen molar-refractivity contribution in [1.82, 2.24) is 15.5 Å². The fraction of sp³-hybridized carbons (Fsp3) is 0.500. The van der Waals surface area contributed by atoms with Crippen molar-refractivity contribution in [2.75, 3.05) is 18.0 Å². The molecule has 3 heterocycles. The van der Waals surface area contributed by atoms with Gasteiger partial charge in [-0.2, -0.15) is 5.10 Å². The van der Waals surface area contributed by atoms with Gasteiger partial charge in [-0.3, -0.25) is 4.79 Å². The Morgan fingerprint density at radius 2 is 2.29 bits per heavy atom. The van der Waals surface area contributed by atoms with Crippen molar-refractivity contribution in [1.29, 1.82) is 0 Å². The second kappa shape index (κ2) is 6.51. The van der Waals surface area contributed by atoms with E-state index >= 15 is 0 Å². The zero-order valence-electron chi connectivity index (χ0n) is 13.8. The molecule has 2 fully saturated rings. The van der Waals surface area contributed by atoms with Gasteiger partial charge in [0.25, 0.3) is 0 Å². The van der Waals surface area contributed by atoms with Crippen molar-refractivity contribution < 1.29 is 4.79 Å². The quantitative estimate of drug-likeness (QED) is 0.928. The molecule has 24 heavy (non-hydrogen) atoms. The summed E-state index contributed by atoms with van der Waals surface area (Å²) in [6.07, 6.45) is 4.79. The lowest BCUT2D eigenvalue weighted by molar-refractivity contribution is -0.123. The van der Waals surface area contributed by atoms with E-state index in [0.717, 1.165) is 38.2 Å². The van der Waals surface area contributed by atoms with Crippen LogP contribution in [0.2, 0.25) is 0 Å². The monoisotopic (exact) mass is 342 g/mol. The molecule has 5 nitrogen and oxygen atoms in total. The molecule has 0 unspecified atom stereocenters. The van der Waals surface area contributed by atoms with Crippen molar-refractivity contribution in [2.45, 2.75) is 38.1 Å². The molecule has 2 aliphatic rings. The Morgan fingerprint density at radius 3 is 3.04 bits per heavy atom. The molecule has 4 rings (SSSR count). The van der Waals surface area contributed by atoms with Gasteiger partial charge < -0.3 is 10.2 Å². The summed E-state index contributed by atoms with van der Waals surface area (Å²) in [5, 5.41) is 11.4. The predicted molar refractivity (Wildman–Crippen MR) is 95.3 cm³/mol. The van der Waals surface area contributed by atoms with Gasteiger partial charge in [0.05, 0.1) is 0 Å². The van der Waals surface area contributed by atoms with E-state index in [-0.39, 0.29) is 17.9 Å². The number of piperidine rings is 1. The lowest BCUT2D eigenvalue weighted by atomic mass is 10.1. The first kappa shape index (κ1) is 15.6. The molecule has 3 atom stereocenters. The number of carbonyl (C=O) groups excluding carboxylic acids is 1. The van der Waals surface area contributed by atoms with Crippen LogP contribution in [-0.4, -0.2) is 35.2 Å². The second-order valence-corrected chi connectivity index (χ2v) is 8.09. The van der Waals surface area contributed by atoms with Crippen molar-refractivity contribution in [2.24, 2.45) is 5.92 Å². The fourth-order valence-corrected chi connectivity index (χ4v) is 4.58. The molecule has 2 aromatic heterocycles. The molecule has 2 aromatic rings. The van der Waals surface area contributed by atoms with E-state index in [4.69, 9.17) is 0 Å². The maximum atomic E-state index is 12.6. The Labute approximate surface area is 146 Å². The van der Waals surface area contributed by atoms with E-state index in [1.54, 1.807) is 6.20 Å². The summed E-state index contributed by atoms with van der Waals surface area (Å²) < 4.78 is 0. The number of anilines is 1. The smallest absolute Gasteiger partial charge is 0.224 e. The van der Waals surface area contributed by atoms with Gasteiger partial charge in [-0.15, -0.1) is 16.4 Å². The standard InChI is InChI=1S/C18H22N4OS/c1-12-6-7-16(24-12)14-10-15(14)18(23)20-13-4-3-9-22(11-13)17-5-2-8-19-21-17/h2,5-8,13-15H,3-4,9-11H2,1H3,(H,20,23)/t13-,14+,15-/m0/s1. The lowest BCUT2D eigenvalue weighted by Gasteiger charge is -2.33. The summed E-state index contributed by atoms with van der Waals surface area (Å²) in [5.41, 5.74) is 0. The number of rotatable bonds is 4. The van der Waals surface area contributed by atoms with Crippen LogP contribution in [0.5, 0.6) is 0 Å². The van der Waals surface area contributed by atoms with E-state index in [2.05, 4.69) is 39.5 Å². The van der Waals surface area contributed by atoms with Crippen molar-refractivity contribution in [3.8, 4) is 0 Å². The Morgan fingerprint density at radius 1 is 1.38 bits per heavy atom. The van der Waals surface area contributed by atoms with Crippen molar-refractivity contribution >= 4 is 23.1 Å². The molecule has 1 aliphatic carbocycles. The number of thiophene rings is 1. The zero-order valence-corrected chi connectivity index (χ0v) is 14.6. The minimum Gasteiger partial charge on any atom is -0.353 e. The van der Waals surface area contributed by atoms with Crippen LogP contribution in [0.4, 0.5) is 5.82 Å². The van der Waals surface area contributed by atoms with Crippen molar-refractivity contribution in [3.05, 3.63) is 40.2 Å². The second-order valence-electron chi connectivity index (χ2n) is 6.77. The van der Waals surface area contributed by atoms with Crippen LogP contribution >= 0.6 is 11.3 Å². The van der Waals surface area contributed by atoms with E-state index in [1.807, 2.05) is 23.5 Å². The van der Waals surface area contributed by atoms with E-state index in [1.165, 1.54) is 9.75 Å². The van der Waals surface area contributed by atoms with Gasteiger partial charge in [-0.25, -0.2) is 0 Å². The molecule has 126 valence electrons. The SMILES string of the molecule is Cc1ccc([C@@H]2C[C@@H]2C(=O)N[C@H]2CCCN(c3cccnn3)C2)s1. The predicted octanol–water partition coefficient (Wildman–Crippen LogP) is 2.74. The minimum atomic E-state index is 0.162. The first-order chi connectivity index (χ1) is 11.7. The number of hydrogen-bond donors (Lipinski definition) is 1. The molecule has 0 aromatic carbocycles. The summed E-state index contributed by atoms with van der Waals surface area (Å²) in [7, 11) is 0. The largest absolute Gasteiger partial charge is 0.353 e. The van der Waals surface area contributed by atoms with Crippen LogP contribution in [0.1, 0.15) is 34.9 Å². The number of nitrogens with zero attached hydrogens (tertiary/aromatic N) is 3. The van der Waals surface area contributed by atoms with Crippen LogP contribution in [0, 0.1) is 12.8 Å². The first-order valence-electron chi connectivity index (χ1n) is 8.60. The van der Waals surface area contributed by atoms with Gasteiger partial charge in [-0.1, -0.05) is 0 Å². The summed E-state index contributed by atoms with van der Waals surface area (Å²) >= 11 is 1.82. The van der Waals surface area contributed by atoms with Gasteiger partial charge in [0, 0.05) is 46.9 Å². The molecule has 1 N–H and O–H groups in total. The molecule has 6 heteroatoms. The van der Waals surface area contributed by atoms with Crippen LogP contribution in [-0.2, 0) is 4.79 Å². The van der Waals surface area contributed by atoms with Crippen LogP contribution < -0.4 is 10.2 Å². The third-order valence-electron chi connectivity index (χ3n) is 4.90. The van der Waals surface area contributed by atoms with E-state index in [9.17, 15) is 4.79 Å². The number of aryl methyl sites for hydroxylation is 1. The Balaban J connectivity index is 1.33. The summed E-state index contributed by atoms with van der Waals surface area (Å²) in [4.78, 5) is 17.5. The molecular weight excluding hydrogens is 320 g/mol. The number of amides is 1. The fourth-order valence-electron chi connectivity index (χ4n) is 3.53. The normalized spacial score (nSPS) is 26.2. The summed E-state index contributed by atoms with van der Waals surface area (Å²) in [6, 6.07) is 8.41. The highest BCUT2D eigenvalue weighted by Gasteiger charge is 2.45. The van der Waals surface area contributed by atoms with E-state index in [0.29, 0.717) is 5.92 Å². The van der Waals surface area contributed by atoms with Gasteiger partial charge >= 0.3 is 0 Å². The number of nitrogens with one attached hydrogen (secondary N) is 1. The average Bonchev–Trinajstić information content (AvgIpc) is 3.30. The number of carbonyl (C=O) groups is 1. The Kier molecular flexibility index (Phi) is 4.22. The van der Waals surface area contributed by atoms with Crippen LogP contribution in [0.3, 0.4) is 0 Å². The Hall–Kier alpha value is -1.95. The maximum absolute atomic E-state index is 12.6. The molecular formula is C18H22N4OS. The molecule has 0 radical (unpaired) electrons. The lowest BCUT2D eigenvalue weighted by Crippen LogP contribution is -2.48. The van der Waals surface area contributed by atoms with Gasteiger partial charge in [-0.05, 0) is 50.5 Å². The van der Waals surface area contributed by atoms with Crippen molar-refractivity contribution in [3.63, 3.8) is 0 Å². The number of aromatic nitrogens is 2. The molecule has 1 aliphatic heterocycles. The number of hydrogen-bond acceptors (Lipinski definition) is 5. The van der Waals surface area contributed by atoms with E-state index < -0.39 is 0 Å². The molecule has 0 spiro atoms. The highest BCUT2D eigenvalue weighted by molar-refractivity contribution is 7.12. The Bertz CT molecular complexity index is 717. The maximum Gasteiger partial charge on any atom is 0.224 e. The third-order valence-corrected chi connectivity index (χ3v) is 6.04. The third kappa shape index (κ3) is 3.29. The summed E-state index contributed by atoms with van der Waals surface area (Å²) in [5.74, 6) is 1.71. The summed E-state index contributed by atoms with van der Waals surface area (Å²) in [6.45, 7) is 3.92. The van der Waals surface area contributed by atoms with Crippen LogP contribution in [0.25, 0.3) is 0 Å². The molecule has 1 amide bonds. The molecule has 1 saturated carbocycles. The van der Waals surface area contributed by atoms with Gasteiger partial charge in [0.15, 0.2) is 5.82 Å². The van der Waals surface area contributed by atoms with Crippen LogP contribution in [0.15, 0.2) is 30.5 Å². The van der Waals surface area contributed by atoms with Gasteiger partial charge in [0.1, 0.15) is 0 Å². The topological polar surface area (TPSA) is 58.1 Å².